The fourth-order valence-corrected chi connectivity index (χ4v) is 4.79. The van der Waals surface area contributed by atoms with Gasteiger partial charge in [0.05, 0.1) is 6.54 Å². The highest BCUT2D eigenvalue weighted by molar-refractivity contribution is 5.94. The molecule has 0 saturated carbocycles. The zero-order valence-electron chi connectivity index (χ0n) is 18.8. The summed E-state index contributed by atoms with van der Waals surface area (Å²) in [6, 6.07) is 19.5. The molecule has 1 unspecified atom stereocenters. The Bertz CT molecular complexity index is 1200. The number of benzene rings is 2. The third-order valence-corrected chi connectivity index (χ3v) is 6.62. The zero-order valence-corrected chi connectivity index (χ0v) is 18.8. The number of para-hydroxylation sites is 1. The summed E-state index contributed by atoms with van der Waals surface area (Å²) in [5.74, 6) is -0.368. The molecule has 2 amide bonds. The Morgan fingerprint density at radius 1 is 1.03 bits per heavy atom. The van der Waals surface area contributed by atoms with Gasteiger partial charge in [-0.2, -0.15) is 0 Å². The van der Waals surface area contributed by atoms with Gasteiger partial charge >= 0.3 is 6.09 Å². The van der Waals surface area contributed by atoms with Gasteiger partial charge in [-0.3, -0.25) is 14.7 Å². The van der Waals surface area contributed by atoms with Crippen LogP contribution in [-0.2, 0) is 11.2 Å². The zero-order chi connectivity index (χ0) is 23.5. The van der Waals surface area contributed by atoms with E-state index < -0.39 is 5.60 Å². The van der Waals surface area contributed by atoms with Gasteiger partial charge in [0.15, 0.2) is 0 Å². The average molecular weight is 460 g/mol. The third kappa shape index (κ3) is 4.51. The van der Waals surface area contributed by atoms with E-state index in [1.807, 2.05) is 35.2 Å². The van der Waals surface area contributed by atoms with E-state index in [0.29, 0.717) is 55.7 Å². The summed E-state index contributed by atoms with van der Waals surface area (Å²) in [6.07, 6.45) is 3.62. The van der Waals surface area contributed by atoms with E-state index in [-0.39, 0.29) is 17.8 Å². The number of hydrogen-bond acceptors (Lipinski definition) is 4. The number of ether oxygens (including phenoxy) is 1. The molecule has 1 atom stereocenters. The number of halogens is 1. The molecular weight excluding hydrogens is 433 g/mol. The van der Waals surface area contributed by atoms with E-state index in [1.165, 1.54) is 6.07 Å². The van der Waals surface area contributed by atoms with Crippen LogP contribution in [0.4, 0.5) is 14.9 Å². The molecule has 1 spiro atoms. The maximum absolute atomic E-state index is 14.0. The van der Waals surface area contributed by atoms with Crippen molar-refractivity contribution in [2.45, 2.75) is 31.3 Å². The first-order valence-corrected chi connectivity index (χ1v) is 11.6. The monoisotopic (exact) mass is 459 g/mol. The topological polar surface area (TPSA) is 62.7 Å². The lowest BCUT2D eigenvalue weighted by Crippen LogP contribution is -2.37. The standard InChI is InChI=1S/C27H26FN3O3/c28-24-10-5-4-7-20(24)17-22-18-21(11-14-29-22)25(32)30-15-6-12-27(13-16-30)19-31(26(33)34-27)23-8-2-1-3-9-23/h1-5,7-11,14,18H,6,12-13,15-17,19H2. The Kier molecular flexibility index (Phi) is 6.01. The SMILES string of the molecule is O=C(c1ccnc(Cc2ccccc2F)c1)N1CCCC2(CC1)CN(c1ccccc1)C(=O)O2. The molecule has 2 fully saturated rings. The van der Waals surface area contributed by atoms with E-state index in [2.05, 4.69) is 4.98 Å². The second-order valence-corrected chi connectivity index (χ2v) is 8.92. The first-order valence-electron chi connectivity index (χ1n) is 11.6. The summed E-state index contributed by atoms with van der Waals surface area (Å²) in [7, 11) is 0. The summed E-state index contributed by atoms with van der Waals surface area (Å²) < 4.78 is 19.9. The van der Waals surface area contributed by atoms with Gasteiger partial charge in [0.1, 0.15) is 11.4 Å². The van der Waals surface area contributed by atoms with E-state index in [4.69, 9.17) is 4.74 Å². The van der Waals surface area contributed by atoms with Gasteiger partial charge in [0, 0.05) is 49.1 Å². The molecule has 6 nitrogen and oxygen atoms in total. The molecule has 2 aliphatic rings. The third-order valence-electron chi connectivity index (χ3n) is 6.62. The van der Waals surface area contributed by atoms with Crippen LogP contribution >= 0.6 is 0 Å². The van der Waals surface area contributed by atoms with Gasteiger partial charge in [-0.15, -0.1) is 0 Å². The summed E-state index contributed by atoms with van der Waals surface area (Å²) in [5.41, 5.74) is 1.95. The predicted octanol–water partition coefficient (Wildman–Crippen LogP) is 4.83. The average Bonchev–Trinajstić information content (AvgIpc) is 3.04. The van der Waals surface area contributed by atoms with E-state index in [1.54, 1.807) is 41.4 Å². The van der Waals surface area contributed by atoms with Crippen molar-refractivity contribution in [3.63, 3.8) is 0 Å². The highest BCUT2D eigenvalue weighted by atomic mass is 19.1. The Hall–Kier alpha value is -3.74. The van der Waals surface area contributed by atoms with Crippen molar-refractivity contribution >= 4 is 17.7 Å². The number of hydrogen-bond donors (Lipinski definition) is 0. The molecule has 5 rings (SSSR count). The molecule has 34 heavy (non-hydrogen) atoms. The van der Waals surface area contributed by atoms with Crippen LogP contribution in [0, 0.1) is 5.82 Å². The summed E-state index contributed by atoms with van der Waals surface area (Å²) in [6.45, 7) is 1.58. The Labute approximate surface area is 198 Å². The number of likely N-dealkylation sites (tertiary alicyclic amines) is 1. The molecule has 174 valence electrons. The lowest BCUT2D eigenvalue weighted by molar-refractivity contribution is 0.0438. The number of anilines is 1. The summed E-state index contributed by atoms with van der Waals surface area (Å²) in [4.78, 5) is 33.7. The van der Waals surface area contributed by atoms with Crippen LogP contribution in [0.25, 0.3) is 0 Å². The Balaban J connectivity index is 1.27. The maximum Gasteiger partial charge on any atom is 0.415 e. The molecule has 3 aromatic rings. The number of carbonyl (C=O) groups excluding carboxylic acids is 2. The Morgan fingerprint density at radius 2 is 1.82 bits per heavy atom. The first kappa shape index (κ1) is 22.1. The lowest BCUT2D eigenvalue weighted by atomic mass is 9.95. The molecule has 2 aromatic carbocycles. The van der Waals surface area contributed by atoms with Crippen LogP contribution in [0.1, 0.15) is 40.9 Å². The largest absolute Gasteiger partial charge is 0.441 e. The highest BCUT2D eigenvalue weighted by Crippen LogP contribution is 2.36. The van der Waals surface area contributed by atoms with E-state index in [9.17, 15) is 14.0 Å². The minimum absolute atomic E-state index is 0.0847. The number of aromatic nitrogens is 1. The summed E-state index contributed by atoms with van der Waals surface area (Å²) in [5, 5.41) is 0. The van der Waals surface area contributed by atoms with E-state index in [0.717, 1.165) is 12.1 Å². The second kappa shape index (κ2) is 9.25. The van der Waals surface area contributed by atoms with Crippen LogP contribution < -0.4 is 4.90 Å². The van der Waals surface area contributed by atoms with Gasteiger partial charge in [-0.05, 0) is 48.7 Å². The van der Waals surface area contributed by atoms with Crippen LogP contribution in [0.5, 0.6) is 0 Å². The molecule has 2 aliphatic heterocycles. The van der Waals surface area contributed by atoms with Crippen LogP contribution in [0.3, 0.4) is 0 Å². The van der Waals surface area contributed by atoms with Gasteiger partial charge in [-0.25, -0.2) is 9.18 Å². The van der Waals surface area contributed by atoms with Crippen LogP contribution in [-0.4, -0.2) is 47.1 Å². The van der Waals surface area contributed by atoms with Gasteiger partial charge in [0.2, 0.25) is 0 Å². The van der Waals surface area contributed by atoms with E-state index >= 15 is 0 Å². The van der Waals surface area contributed by atoms with Gasteiger partial charge < -0.3 is 9.64 Å². The smallest absolute Gasteiger partial charge is 0.415 e. The quantitative estimate of drug-likeness (QED) is 0.561. The number of carbonyl (C=O) groups is 2. The number of pyridine rings is 1. The molecule has 0 radical (unpaired) electrons. The number of rotatable bonds is 4. The van der Waals surface area contributed by atoms with Crippen molar-refractivity contribution in [3.8, 4) is 0 Å². The molecule has 1 aromatic heterocycles. The fraction of sp³-hybridized carbons (Fsp3) is 0.296. The normalized spacial score (nSPS) is 20.3. The molecule has 0 N–H and O–H groups in total. The summed E-state index contributed by atoms with van der Waals surface area (Å²) >= 11 is 0. The van der Waals surface area contributed by atoms with Crippen molar-refractivity contribution < 1.29 is 18.7 Å². The fourth-order valence-electron chi connectivity index (χ4n) is 4.79. The van der Waals surface area contributed by atoms with Gasteiger partial charge in [0.25, 0.3) is 5.91 Å². The predicted molar refractivity (Wildman–Crippen MR) is 126 cm³/mol. The number of nitrogens with zero attached hydrogens (tertiary/aromatic N) is 3. The van der Waals surface area contributed by atoms with Crippen molar-refractivity contribution in [1.82, 2.24) is 9.88 Å². The van der Waals surface area contributed by atoms with Crippen molar-refractivity contribution in [2.24, 2.45) is 0 Å². The molecule has 0 aliphatic carbocycles. The Morgan fingerprint density at radius 3 is 2.65 bits per heavy atom. The minimum atomic E-state index is -0.587. The van der Waals surface area contributed by atoms with Crippen molar-refractivity contribution in [3.05, 3.63) is 95.6 Å². The number of amides is 2. The lowest BCUT2D eigenvalue weighted by Gasteiger charge is -2.25. The molecule has 7 heteroatoms. The first-order chi connectivity index (χ1) is 16.5. The molecule has 0 bridgehead atoms. The molecular formula is C27H26FN3O3. The second-order valence-electron chi connectivity index (χ2n) is 8.92. The van der Waals surface area contributed by atoms with Crippen LogP contribution in [0.15, 0.2) is 72.9 Å². The van der Waals surface area contributed by atoms with Crippen molar-refractivity contribution in [2.75, 3.05) is 24.5 Å². The molecule has 3 heterocycles. The maximum atomic E-state index is 14.0. The van der Waals surface area contributed by atoms with Gasteiger partial charge in [-0.1, -0.05) is 36.4 Å². The van der Waals surface area contributed by atoms with Crippen molar-refractivity contribution in [1.29, 1.82) is 0 Å². The molecule has 2 saturated heterocycles. The minimum Gasteiger partial charge on any atom is -0.441 e. The van der Waals surface area contributed by atoms with Crippen LogP contribution in [0.2, 0.25) is 0 Å². The highest BCUT2D eigenvalue weighted by Gasteiger charge is 2.46.